The molecule has 2 unspecified atom stereocenters. The lowest BCUT2D eigenvalue weighted by Gasteiger charge is -2.21. The average molecular weight is 1730 g/mol. The maximum absolute atomic E-state index is 11.4. The topological polar surface area (TPSA) is 155 Å². The van der Waals surface area contributed by atoms with Gasteiger partial charge < -0.3 is 9.47 Å². The second kappa shape index (κ2) is 76.6. The number of carbonyl (C=O) groups excluding carboxylic acids is 8. The summed E-state index contributed by atoms with van der Waals surface area (Å²) in [6, 6.07) is 59.2. The SMILES string of the molecule is CC(C)=CCCC(C)CC(=O)C(C)C.CC(C)C(=O)CCCCC1CCCCC1.CC(C)C(=O)CCCCCc1ccccc1.CC(C)C(=O)CCCCc1ccccc1.CC(C)C(=O)CCCOc1ccccc1.CC(C)C(=O)COc1ccccc1.CC(C)CCSc1ccccc1.CCC(C)C(=O)C(C)C.Cc1ccc(CCCC(=O)C(C)C)cc1. The second-order valence-corrected chi connectivity index (χ2v) is 38.1. The molecular weight excluding hydrogens is 1550 g/mol. The van der Waals surface area contributed by atoms with E-state index in [0.717, 1.165) is 132 Å². The Hall–Kier alpha value is -7.63. The van der Waals surface area contributed by atoms with Gasteiger partial charge in [-0.25, -0.2) is 0 Å². The van der Waals surface area contributed by atoms with Crippen molar-refractivity contribution in [1.82, 2.24) is 0 Å². The van der Waals surface area contributed by atoms with Crippen LogP contribution >= 0.6 is 11.8 Å². The number of unbranched alkanes of at least 4 members (excludes halogenated alkanes) is 4. The van der Waals surface area contributed by atoms with Crippen molar-refractivity contribution in [2.24, 2.45) is 71.0 Å². The minimum atomic E-state index is 0.0451. The van der Waals surface area contributed by atoms with Crippen LogP contribution in [0.5, 0.6) is 11.5 Å². The molecule has 1 aliphatic rings. The van der Waals surface area contributed by atoms with Crippen LogP contribution in [0.25, 0.3) is 0 Å². The molecule has 0 N–H and O–H groups in total. The molecule has 6 aromatic rings. The Bertz CT molecular complexity index is 3580. The van der Waals surface area contributed by atoms with E-state index in [2.05, 4.69) is 151 Å². The number of allylic oxidation sites excluding steroid dienone is 2. The van der Waals surface area contributed by atoms with Gasteiger partial charge in [0.05, 0.1) is 6.61 Å². The fourth-order valence-electron chi connectivity index (χ4n) is 12.4. The molecule has 0 spiro atoms. The standard InChI is InChI=1S/C15H22O.C14H20O.C14H26O.C14H20O.C13H18O2.C13H24O.C11H14O2.C11H16S.C8H16O/c1-13(2)15(16)12-8-4-7-11-14-9-5-3-6-10-14;1-11(2)14(15)6-4-5-13-9-7-12(3)8-10-13;2*1-12(2)14(15)11-7-6-10-13-8-4-3-5-9-13;1-11(2)13(14)9-6-10-15-12-7-4-3-5-8-12;1-10(2)7-6-8-12(5)9-13(14)11(3)4;1-9(2)11(12)8-13-10-6-4-3-5-7-10;1-10(2)8-9-12-11-6-4-3-5-7-11;1-5-7(4)8(9)6(2)3/h3,5-6,9-10,13H,4,7-8,11-12H2,1-2H3;7-11H,4-6H2,1-3H3;12-13H,3-11H2,1-2H3;3-5,8-9,12H,6-7,10-11H2,1-2H3;3-5,7-8,11H,6,9-10H2,1-2H3;7,11-12H,6,8-9H2,1-5H3;3-7,9H,8H2,1-2H3;3-7,10H,8-9H2,1-2H3;6-7H,5H2,1-4H3. The Labute approximate surface area is 763 Å². The molecular formula is C113H176O10S. The normalized spacial score (nSPS) is 11.9. The summed E-state index contributed by atoms with van der Waals surface area (Å²) in [6.45, 7) is 49.1. The van der Waals surface area contributed by atoms with Gasteiger partial charge in [0.1, 0.15) is 58.6 Å². The molecule has 0 aromatic heterocycles. The summed E-state index contributed by atoms with van der Waals surface area (Å²) in [6.07, 6.45) is 32.6. The third-order valence-electron chi connectivity index (χ3n) is 21.6. The first-order valence-corrected chi connectivity index (χ1v) is 48.9. The van der Waals surface area contributed by atoms with Crippen molar-refractivity contribution in [3.05, 3.63) is 210 Å². The van der Waals surface area contributed by atoms with Gasteiger partial charge in [-0.2, -0.15) is 0 Å². The lowest BCUT2D eigenvalue weighted by molar-refractivity contribution is -0.125. The van der Waals surface area contributed by atoms with E-state index in [0.29, 0.717) is 65.8 Å². The zero-order valence-electron chi connectivity index (χ0n) is 82.7. The fourth-order valence-corrected chi connectivity index (χ4v) is 13.6. The van der Waals surface area contributed by atoms with Crippen molar-refractivity contribution in [3.63, 3.8) is 0 Å². The summed E-state index contributed by atoms with van der Waals surface area (Å²) in [5.41, 5.74) is 6.76. The van der Waals surface area contributed by atoms with Crippen LogP contribution in [0.2, 0.25) is 0 Å². The Morgan fingerprint density at radius 3 is 1.15 bits per heavy atom. The van der Waals surface area contributed by atoms with E-state index in [1.54, 1.807) is 0 Å². The van der Waals surface area contributed by atoms with E-state index < -0.39 is 0 Å². The first-order chi connectivity index (χ1) is 58.9. The van der Waals surface area contributed by atoms with Crippen LogP contribution in [0.4, 0.5) is 0 Å². The van der Waals surface area contributed by atoms with Gasteiger partial charge in [-0.05, 0) is 187 Å². The molecule has 1 saturated carbocycles. The van der Waals surface area contributed by atoms with Gasteiger partial charge in [0, 0.05) is 96.7 Å². The zero-order chi connectivity index (χ0) is 93.4. The molecule has 7 rings (SSSR count). The van der Waals surface area contributed by atoms with Crippen LogP contribution in [0.1, 0.15) is 342 Å². The highest BCUT2D eigenvalue weighted by atomic mass is 32.2. The van der Waals surface area contributed by atoms with Gasteiger partial charge in [0.2, 0.25) is 0 Å². The minimum absolute atomic E-state index is 0.0451. The maximum atomic E-state index is 11.4. The lowest BCUT2D eigenvalue weighted by Crippen LogP contribution is -2.16. The van der Waals surface area contributed by atoms with Crippen LogP contribution < -0.4 is 9.47 Å². The fraction of sp³-hybridized carbons (Fsp3) is 0.593. The zero-order valence-corrected chi connectivity index (χ0v) is 83.5. The smallest absolute Gasteiger partial charge is 0.172 e. The van der Waals surface area contributed by atoms with E-state index in [9.17, 15) is 38.4 Å². The number of rotatable bonds is 47. The molecule has 0 aliphatic heterocycles. The summed E-state index contributed by atoms with van der Waals surface area (Å²) in [5, 5.41) is 0. The van der Waals surface area contributed by atoms with Crippen LogP contribution in [0, 0.1) is 77.9 Å². The molecule has 694 valence electrons. The molecule has 124 heavy (non-hydrogen) atoms. The molecule has 0 saturated heterocycles. The number of aryl methyl sites for hydroxylation is 4. The maximum Gasteiger partial charge on any atom is 0.172 e. The number of hydrogen-bond donors (Lipinski definition) is 0. The Morgan fingerprint density at radius 2 is 0.750 bits per heavy atom. The molecule has 1 aliphatic carbocycles. The quantitative estimate of drug-likeness (QED) is 0.0204. The molecule has 6 aromatic carbocycles. The predicted molar refractivity (Wildman–Crippen MR) is 532 cm³/mol. The van der Waals surface area contributed by atoms with Gasteiger partial charge in [-0.3, -0.25) is 38.4 Å². The first kappa shape index (κ1) is 118. The molecule has 0 radical (unpaired) electrons. The van der Waals surface area contributed by atoms with Gasteiger partial charge in [0.25, 0.3) is 0 Å². The number of ether oxygens (including phenoxy) is 2. The van der Waals surface area contributed by atoms with Gasteiger partial charge in [-0.1, -0.05) is 354 Å². The highest BCUT2D eigenvalue weighted by Crippen LogP contribution is 2.29. The Balaban J connectivity index is 0. The first-order valence-electron chi connectivity index (χ1n) is 47.9. The van der Waals surface area contributed by atoms with Crippen LogP contribution in [-0.2, 0) is 57.6 Å². The number of hydrogen-bond acceptors (Lipinski definition) is 11. The third-order valence-corrected chi connectivity index (χ3v) is 22.6. The van der Waals surface area contributed by atoms with Crippen LogP contribution in [0.15, 0.2) is 192 Å². The average Bonchev–Trinajstić information content (AvgIpc) is 0.929. The summed E-state index contributed by atoms with van der Waals surface area (Å²) in [4.78, 5) is 91.9. The van der Waals surface area contributed by atoms with Crippen molar-refractivity contribution in [2.45, 2.75) is 351 Å². The van der Waals surface area contributed by atoms with E-state index in [4.69, 9.17) is 9.47 Å². The molecule has 1 fully saturated rings. The van der Waals surface area contributed by atoms with E-state index in [1.807, 2.05) is 209 Å². The van der Waals surface area contributed by atoms with Crippen LogP contribution in [0.3, 0.4) is 0 Å². The highest BCUT2D eigenvalue weighted by Gasteiger charge is 2.17. The van der Waals surface area contributed by atoms with Crippen molar-refractivity contribution >= 4 is 58.0 Å². The lowest BCUT2D eigenvalue weighted by atomic mass is 9.85. The minimum Gasteiger partial charge on any atom is -0.494 e. The molecule has 0 bridgehead atoms. The third kappa shape index (κ3) is 70.5. The second-order valence-electron chi connectivity index (χ2n) is 36.9. The Kier molecular flexibility index (Phi) is 73.1. The van der Waals surface area contributed by atoms with Crippen molar-refractivity contribution < 1.29 is 47.8 Å². The van der Waals surface area contributed by atoms with Crippen LogP contribution in [-0.4, -0.2) is 65.2 Å². The summed E-state index contributed by atoms with van der Waals surface area (Å²) < 4.78 is 10.8. The number of ketones is 8. The van der Waals surface area contributed by atoms with Gasteiger partial charge in [-0.15, -0.1) is 11.8 Å². The number of benzene rings is 6. The highest BCUT2D eigenvalue weighted by molar-refractivity contribution is 7.99. The number of thioether (sulfide) groups is 1. The summed E-state index contributed by atoms with van der Waals surface area (Å²) >= 11 is 1.95. The van der Waals surface area contributed by atoms with E-state index in [1.165, 1.54) is 96.3 Å². The largest absolute Gasteiger partial charge is 0.494 e. The van der Waals surface area contributed by atoms with Crippen molar-refractivity contribution in [1.29, 1.82) is 0 Å². The van der Waals surface area contributed by atoms with Gasteiger partial charge >= 0.3 is 0 Å². The summed E-state index contributed by atoms with van der Waals surface area (Å²) in [5.74, 6) is 9.68. The molecule has 0 amide bonds. The van der Waals surface area contributed by atoms with E-state index >= 15 is 0 Å². The number of para-hydroxylation sites is 2. The van der Waals surface area contributed by atoms with Crippen molar-refractivity contribution in [2.75, 3.05) is 19.0 Å². The van der Waals surface area contributed by atoms with E-state index in [-0.39, 0.29) is 65.7 Å². The molecule has 2 atom stereocenters. The Morgan fingerprint density at radius 1 is 0.379 bits per heavy atom. The number of Topliss-reactive ketones (excluding diaryl/α,β-unsaturated/α-hetero) is 8. The van der Waals surface area contributed by atoms with Crippen molar-refractivity contribution in [3.8, 4) is 11.5 Å². The monoisotopic (exact) mass is 1730 g/mol. The molecule has 11 heteroatoms. The van der Waals surface area contributed by atoms with Gasteiger partial charge in [0.15, 0.2) is 5.78 Å². The molecule has 0 heterocycles. The number of carbonyl (C=O) groups is 8. The predicted octanol–water partition coefficient (Wildman–Crippen LogP) is 31.0. The summed E-state index contributed by atoms with van der Waals surface area (Å²) in [7, 11) is 0. The molecule has 10 nitrogen and oxygen atoms in total.